The van der Waals surface area contributed by atoms with Gasteiger partial charge in [-0.2, -0.15) is 0 Å². The highest BCUT2D eigenvalue weighted by molar-refractivity contribution is 6.11. The van der Waals surface area contributed by atoms with E-state index in [1.165, 1.54) is 5.56 Å². The van der Waals surface area contributed by atoms with Gasteiger partial charge >= 0.3 is 0 Å². The molecule has 1 aliphatic rings. The summed E-state index contributed by atoms with van der Waals surface area (Å²) in [6.45, 7) is 1.98. The van der Waals surface area contributed by atoms with E-state index in [1.807, 2.05) is 49.4 Å². The molecule has 128 valence electrons. The molecule has 3 rings (SSSR count). The van der Waals surface area contributed by atoms with Crippen molar-refractivity contribution in [1.29, 1.82) is 0 Å². The third kappa shape index (κ3) is 4.24. The molecule has 1 aliphatic heterocycles. The fourth-order valence-electron chi connectivity index (χ4n) is 3.11. The van der Waals surface area contributed by atoms with E-state index in [2.05, 4.69) is 17.1 Å². The highest BCUT2D eigenvalue weighted by Gasteiger charge is 2.18. The highest BCUT2D eigenvalue weighted by atomic mass is 16.5. The molecule has 25 heavy (non-hydrogen) atoms. The van der Waals surface area contributed by atoms with Crippen LogP contribution >= 0.6 is 0 Å². The van der Waals surface area contributed by atoms with Crippen LogP contribution in [-0.2, 0) is 6.42 Å². The van der Waals surface area contributed by atoms with Crippen molar-refractivity contribution < 1.29 is 9.53 Å². The minimum absolute atomic E-state index is 0.120. The maximum absolute atomic E-state index is 12.8. The molecule has 0 saturated heterocycles. The molecule has 0 spiro atoms. The molecule has 2 aromatic carbocycles. The normalized spacial score (nSPS) is 16.9. The van der Waals surface area contributed by atoms with Crippen LogP contribution in [0.4, 0.5) is 0 Å². The topological polar surface area (TPSA) is 38.7 Å². The van der Waals surface area contributed by atoms with Gasteiger partial charge in [-0.1, -0.05) is 36.4 Å². The lowest BCUT2D eigenvalue weighted by Crippen LogP contribution is -2.10. The lowest BCUT2D eigenvalue weighted by Gasteiger charge is -2.12. The molecule has 0 bridgehead atoms. The lowest BCUT2D eigenvalue weighted by molar-refractivity contribution is 0.103. The third-order valence-electron chi connectivity index (χ3n) is 4.63. The average Bonchev–Trinajstić information content (AvgIpc) is 2.88. The van der Waals surface area contributed by atoms with Gasteiger partial charge in [0.25, 0.3) is 0 Å². The fraction of sp³-hybridized carbons (Fsp3) is 0.273. The quantitative estimate of drug-likeness (QED) is 0.751. The minimum Gasteiger partial charge on any atom is -0.497 e. The predicted molar refractivity (Wildman–Crippen MR) is 102 cm³/mol. The highest BCUT2D eigenvalue weighted by Crippen LogP contribution is 2.22. The summed E-state index contributed by atoms with van der Waals surface area (Å²) >= 11 is 0. The molecule has 0 radical (unpaired) electrons. The molecule has 0 saturated carbocycles. The van der Waals surface area contributed by atoms with Gasteiger partial charge in [-0.3, -0.25) is 9.79 Å². The van der Waals surface area contributed by atoms with Crippen LogP contribution in [0.25, 0.3) is 0 Å². The number of aliphatic imine (C=N–C) groups is 1. The van der Waals surface area contributed by atoms with Crippen molar-refractivity contribution in [2.45, 2.75) is 32.2 Å². The van der Waals surface area contributed by atoms with Crippen LogP contribution in [0.2, 0.25) is 0 Å². The van der Waals surface area contributed by atoms with Crippen molar-refractivity contribution in [3.05, 3.63) is 76.9 Å². The molecule has 0 N–H and O–H groups in total. The number of allylic oxidation sites excluding steroid dienone is 2. The Hall–Kier alpha value is -2.68. The molecule has 3 nitrogen and oxygen atoms in total. The van der Waals surface area contributed by atoms with Crippen molar-refractivity contribution in [2.75, 3.05) is 7.11 Å². The molecule has 0 aromatic heterocycles. The van der Waals surface area contributed by atoms with Crippen LogP contribution in [0.1, 0.15) is 34.3 Å². The Morgan fingerprint density at radius 1 is 1.16 bits per heavy atom. The molecule has 0 amide bonds. The molecule has 1 atom stereocenters. The molecule has 1 unspecified atom stereocenters. The Labute approximate surface area is 149 Å². The van der Waals surface area contributed by atoms with Crippen LogP contribution in [0, 0.1) is 6.92 Å². The molecule has 2 aromatic rings. The van der Waals surface area contributed by atoms with Crippen LogP contribution in [0.3, 0.4) is 0 Å². The van der Waals surface area contributed by atoms with Crippen molar-refractivity contribution in [3.8, 4) is 5.75 Å². The number of nitrogens with zero attached hydrogens (tertiary/aromatic N) is 1. The van der Waals surface area contributed by atoms with Gasteiger partial charge in [-0.15, -0.1) is 0 Å². The second-order valence-corrected chi connectivity index (χ2v) is 6.38. The lowest BCUT2D eigenvalue weighted by atomic mass is 9.94. The molecular formula is C22H23NO2. The first-order valence-corrected chi connectivity index (χ1v) is 8.63. The van der Waals surface area contributed by atoms with Gasteiger partial charge in [0.05, 0.1) is 13.2 Å². The standard InChI is InChI=1S/C22H23NO2/c1-16-5-3-4-6-21(16)22(24)18-9-10-19(23-14-13-18)15-17-7-11-20(25-2)12-8-17/h3-8,11-14,19H,9-10,15H2,1-2H3. The molecule has 0 fully saturated rings. The van der Waals surface area contributed by atoms with Crippen LogP contribution in [0.15, 0.2) is 65.2 Å². The van der Waals surface area contributed by atoms with E-state index in [0.29, 0.717) is 0 Å². The van der Waals surface area contributed by atoms with Crippen molar-refractivity contribution >= 4 is 12.0 Å². The predicted octanol–water partition coefficient (Wildman–Crippen LogP) is 4.59. The van der Waals surface area contributed by atoms with E-state index in [0.717, 1.165) is 41.7 Å². The van der Waals surface area contributed by atoms with E-state index < -0.39 is 0 Å². The van der Waals surface area contributed by atoms with Gasteiger partial charge < -0.3 is 4.74 Å². The van der Waals surface area contributed by atoms with Gasteiger partial charge in [0.2, 0.25) is 0 Å². The zero-order chi connectivity index (χ0) is 17.6. The first kappa shape index (κ1) is 17.2. The SMILES string of the molecule is COc1ccc(CC2CCC(C(=O)c3ccccc3C)=CC=N2)cc1. The molecular weight excluding hydrogens is 310 g/mol. The summed E-state index contributed by atoms with van der Waals surface area (Å²) in [7, 11) is 1.67. The number of carbonyl (C=O) groups excluding carboxylic acids is 1. The Kier molecular flexibility index (Phi) is 5.44. The molecule has 0 aliphatic carbocycles. The van der Waals surface area contributed by atoms with Gasteiger partial charge in [0.15, 0.2) is 5.78 Å². The second-order valence-electron chi connectivity index (χ2n) is 6.38. The summed E-state index contributed by atoms with van der Waals surface area (Å²) in [5.41, 5.74) is 3.88. The van der Waals surface area contributed by atoms with Crippen molar-refractivity contribution in [3.63, 3.8) is 0 Å². The van der Waals surface area contributed by atoms with Crippen molar-refractivity contribution in [1.82, 2.24) is 0 Å². The number of rotatable bonds is 5. The van der Waals surface area contributed by atoms with E-state index in [1.54, 1.807) is 13.3 Å². The monoisotopic (exact) mass is 333 g/mol. The summed E-state index contributed by atoms with van der Waals surface area (Å²) in [4.78, 5) is 17.4. The van der Waals surface area contributed by atoms with Crippen LogP contribution in [-0.4, -0.2) is 25.1 Å². The van der Waals surface area contributed by atoms with E-state index in [-0.39, 0.29) is 11.8 Å². The minimum atomic E-state index is 0.120. The van der Waals surface area contributed by atoms with Crippen LogP contribution in [0.5, 0.6) is 5.75 Å². The first-order chi connectivity index (χ1) is 12.2. The summed E-state index contributed by atoms with van der Waals surface area (Å²) in [5, 5.41) is 0. The third-order valence-corrected chi connectivity index (χ3v) is 4.63. The first-order valence-electron chi connectivity index (χ1n) is 8.63. The zero-order valence-corrected chi connectivity index (χ0v) is 14.7. The number of benzene rings is 2. The largest absolute Gasteiger partial charge is 0.497 e. The summed E-state index contributed by atoms with van der Waals surface area (Å²) in [6.07, 6.45) is 6.19. The number of Topliss-reactive ketones (excluding diaryl/α,β-unsaturated/α-hetero) is 1. The Balaban J connectivity index is 1.64. The maximum Gasteiger partial charge on any atom is 0.189 e. The Morgan fingerprint density at radius 2 is 1.92 bits per heavy atom. The Bertz CT molecular complexity index is 803. The summed E-state index contributed by atoms with van der Waals surface area (Å²) in [5.74, 6) is 0.982. The van der Waals surface area contributed by atoms with E-state index in [9.17, 15) is 4.79 Å². The van der Waals surface area contributed by atoms with Gasteiger partial charge in [0.1, 0.15) is 5.75 Å². The number of aryl methyl sites for hydroxylation is 1. The van der Waals surface area contributed by atoms with Crippen LogP contribution < -0.4 is 4.74 Å². The number of ketones is 1. The summed E-state index contributed by atoms with van der Waals surface area (Å²) in [6, 6.07) is 16.0. The number of ether oxygens (including phenoxy) is 1. The van der Waals surface area contributed by atoms with Gasteiger partial charge in [-0.05, 0) is 55.5 Å². The van der Waals surface area contributed by atoms with Gasteiger partial charge in [-0.25, -0.2) is 0 Å². The van der Waals surface area contributed by atoms with Gasteiger partial charge in [0, 0.05) is 17.4 Å². The van der Waals surface area contributed by atoms with Crippen molar-refractivity contribution in [2.24, 2.45) is 4.99 Å². The second kappa shape index (κ2) is 7.93. The molecule has 3 heteroatoms. The number of hydrogen-bond acceptors (Lipinski definition) is 3. The average molecular weight is 333 g/mol. The number of carbonyl (C=O) groups is 1. The fourth-order valence-corrected chi connectivity index (χ4v) is 3.11. The smallest absolute Gasteiger partial charge is 0.189 e. The zero-order valence-electron chi connectivity index (χ0n) is 14.7. The number of methoxy groups -OCH3 is 1. The van der Waals surface area contributed by atoms with E-state index in [4.69, 9.17) is 4.74 Å². The Morgan fingerprint density at radius 3 is 2.64 bits per heavy atom. The molecule has 1 heterocycles. The van der Waals surface area contributed by atoms with E-state index >= 15 is 0 Å². The summed E-state index contributed by atoms with van der Waals surface area (Å²) < 4.78 is 5.20. The maximum atomic E-state index is 12.8. The number of hydrogen-bond donors (Lipinski definition) is 0.